The van der Waals surface area contributed by atoms with E-state index in [1.165, 1.54) is 6.07 Å². The number of carbonyl (C=O) groups excluding carboxylic acids is 2. The first-order chi connectivity index (χ1) is 13.4. The highest BCUT2D eigenvalue weighted by Gasteiger charge is 2.62. The molecule has 0 unspecified atom stereocenters. The van der Waals surface area contributed by atoms with Gasteiger partial charge < -0.3 is 15.2 Å². The van der Waals surface area contributed by atoms with Crippen molar-refractivity contribution in [2.45, 2.75) is 35.3 Å². The second-order valence-electron chi connectivity index (χ2n) is 6.39. The van der Waals surface area contributed by atoms with Crippen molar-refractivity contribution in [1.82, 2.24) is 0 Å². The molecule has 1 saturated carbocycles. The highest BCUT2D eigenvalue weighted by molar-refractivity contribution is 7.92. The molecule has 3 atom stereocenters. The van der Waals surface area contributed by atoms with Gasteiger partial charge in [-0.1, -0.05) is 12.1 Å². The molecule has 1 aliphatic rings. The molecule has 0 radical (unpaired) electrons. The molecule has 29 heavy (non-hydrogen) atoms. The van der Waals surface area contributed by atoms with Gasteiger partial charge in [0.05, 0.1) is 21.8 Å². The number of carbonyl (C=O) groups is 2. The zero-order valence-corrected chi connectivity index (χ0v) is 15.9. The SMILES string of the molecule is CO[C@@H]1C[C@H](S(=O)(=O)c2ccccc2C(F)(F)F)C[C@@]1(C(N)=O)C(=O)OCC#N. The van der Waals surface area contributed by atoms with Crippen LogP contribution in [0.3, 0.4) is 0 Å². The van der Waals surface area contributed by atoms with Gasteiger partial charge in [0.2, 0.25) is 5.91 Å². The standard InChI is InChI=1S/C17H17F3N2O6S/c1-27-13-8-10(9-16(13,14(22)23)15(24)28-7-6-21)29(25,26)12-5-3-2-4-11(12)17(18,19)20/h2-5,10,13H,7-9H2,1H3,(H2,22,23)/t10-,13+,16+/m0/s1. The Morgan fingerprint density at radius 2 is 1.97 bits per heavy atom. The van der Waals surface area contributed by atoms with E-state index < -0.39 is 74.6 Å². The van der Waals surface area contributed by atoms with Gasteiger partial charge in [-0.2, -0.15) is 18.4 Å². The highest BCUT2D eigenvalue weighted by atomic mass is 32.2. The number of primary amides is 1. The summed E-state index contributed by atoms with van der Waals surface area (Å²) < 4.78 is 75.6. The molecule has 0 heterocycles. The number of hydrogen-bond acceptors (Lipinski definition) is 7. The topological polar surface area (TPSA) is 137 Å². The van der Waals surface area contributed by atoms with Crippen molar-refractivity contribution < 1.29 is 40.7 Å². The molecule has 1 aliphatic carbocycles. The third kappa shape index (κ3) is 3.92. The summed E-state index contributed by atoms with van der Waals surface area (Å²) in [4.78, 5) is 23.6. The number of nitrogens with zero attached hydrogens (tertiary/aromatic N) is 1. The van der Waals surface area contributed by atoms with Crippen molar-refractivity contribution in [1.29, 1.82) is 5.26 Å². The van der Waals surface area contributed by atoms with E-state index in [9.17, 15) is 31.2 Å². The summed E-state index contributed by atoms with van der Waals surface area (Å²) in [6.07, 6.45) is -7.49. The van der Waals surface area contributed by atoms with Gasteiger partial charge in [0.15, 0.2) is 21.9 Å². The number of sulfone groups is 1. The smallest absolute Gasteiger partial charge is 0.417 e. The average Bonchev–Trinajstić information content (AvgIpc) is 3.07. The Bertz CT molecular complexity index is 957. The number of nitriles is 1. The third-order valence-electron chi connectivity index (χ3n) is 4.87. The lowest BCUT2D eigenvalue weighted by Gasteiger charge is -2.28. The van der Waals surface area contributed by atoms with Crippen LogP contribution >= 0.6 is 0 Å². The number of rotatable bonds is 6. The molecular weight excluding hydrogens is 417 g/mol. The number of alkyl halides is 3. The molecule has 0 saturated heterocycles. The minimum atomic E-state index is -4.94. The fourth-order valence-corrected chi connectivity index (χ4v) is 5.51. The van der Waals surface area contributed by atoms with Crippen LogP contribution in [0.25, 0.3) is 0 Å². The maximum Gasteiger partial charge on any atom is 0.417 e. The number of hydrogen-bond donors (Lipinski definition) is 1. The van der Waals surface area contributed by atoms with Crippen LogP contribution in [-0.2, 0) is 35.1 Å². The van der Waals surface area contributed by atoms with E-state index in [4.69, 9.17) is 15.7 Å². The lowest BCUT2D eigenvalue weighted by Crippen LogP contribution is -2.51. The molecule has 8 nitrogen and oxygen atoms in total. The fraction of sp³-hybridized carbons (Fsp3) is 0.471. The number of halogens is 3. The Labute approximate surface area is 164 Å². The van der Waals surface area contributed by atoms with Gasteiger partial charge in [-0.15, -0.1) is 0 Å². The summed E-state index contributed by atoms with van der Waals surface area (Å²) in [6, 6.07) is 5.13. The minimum Gasteiger partial charge on any atom is -0.449 e. The Morgan fingerprint density at radius 1 is 1.34 bits per heavy atom. The summed E-state index contributed by atoms with van der Waals surface area (Å²) in [6.45, 7) is -0.724. The molecule has 1 aromatic carbocycles. The molecular formula is C17H17F3N2O6S. The monoisotopic (exact) mass is 434 g/mol. The van der Waals surface area contributed by atoms with E-state index in [1.807, 2.05) is 0 Å². The van der Waals surface area contributed by atoms with Gasteiger partial charge in [0.1, 0.15) is 6.07 Å². The first-order valence-electron chi connectivity index (χ1n) is 8.20. The van der Waals surface area contributed by atoms with E-state index in [2.05, 4.69) is 4.74 Å². The van der Waals surface area contributed by atoms with Crippen molar-refractivity contribution in [3.05, 3.63) is 29.8 Å². The van der Waals surface area contributed by atoms with Crippen LogP contribution in [0, 0.1) is 16.7 Å². The summed E-state index contributed by atoms with van der Waals surface area (Å²) in [5, 5.41) is 6.99. The summed E-state index contributed by atoms with van der Waals surface area (Å²) >= 11 is 0. The van der Waals surface area contributed by atoms with Gasteiger partial charge in [-0.05, 0) is 25.0 Å². The molecule has 2 rings (SSSR count). The first-order valence-corrected chi connectivity index (χ1v) is 9.74. The van der Waals surface area contributed by atoms with Crippen molar-refractivity contribution in [3.63, 3.8) is 0 Å². The van der Waals surface area contributed by atoms with Crippen LogP contribution in [0.2, 0.25) is 0 Å². The molecule has 1 amide bonds. The van der Waals surface area contributed by atoms with Crippen LogP contribution in [-0.4, -0.2) is 45.4 Å². The van der Waals surface area contributed by atoms with Crippen LogP contribution in [0.15, 0.2) is 29.2 Å². The second-order valence-corrected chi connectivity index (χ2v) is 8.59. The Morgan fingerprint density at radius 3 is 2.48 bits per heavy atom. The van der Waals surface area contributed by atoms with E-state index in [-0.39, 0.29) is 0 Å². The Kier molecular flexibility index (Phi) is 6.24. The number of amides is 1. The van der Waals surface area contributed by atoms with E-state index in [0.717, 1.165) is 25.3 Å². The second kappa shape index (κ2) is 8.00. The number of methoxy groups -OCH3 is 1. The molecule has 0 bridgehead atoms. The largest absolute Gasteiger partial charge is 0.449 e. The number of esters is 1. The van der Waals surface area contributed by atoms with Gasteiger partial charge in [-0.3, -0.25) is 9.59 Å². The average molecular weight is 434 g/mol. The van der Waals surface area contributed by atoms with Crippen molar-refractivity contribution in [3.8, 4) is 6.07 Å². The Balaban J connectivity index is 2.54. The van der Waals surface area contributed by atoms with E-state index >= 15 is 0 Å². The van der Waals surface area contributed by atoms with Crippen molar-refractivity contribution in [2.24, 2.45) is 11.1 Å². The predicted molar refractivity (Wildman–Crippen MR) is 90.6 cm³/mol. The quantitative estimate of drug-likeness (QED) is 0.525. The van der Waals surface area contributed by atoms with E-state index in [1.54, 1.807) is 0 Å². The van der Waals surface area contributed by atoms with Gasteiger partial charge in [0.25, 0.3) is 0 Å². The number of nitrogens with two attached hydrogens (primary N) is 1. The number of benzene rings is 1. The van der Waals surface area contributed by atoms with Gasteiger partial charge >= 0.3 is 12.1 Å². The van der Waals surface area contributed by atoms with Crippen molar-refractivity contribution >= 4 is 21.7 Å². The summed E-state index contributed by atoms with van der Waals surface area (Å²) in [5.74, 6) is -2.52. The molecule has 12 heteroatoms. The maximum absolute atomic E-state index is 13.3. The van der Waals surface area contributed by atoms with Crippen LogP contribution in [0.4, 0.5) is 13.2 Å². The lowest BCUT2D eigenvalue weighted by molar-refractivity contribution is -0.166. The molecule has 1 aromatic rings. The molecule has 0 aliphatic heterocycles. The minimum absolute atomic E-state index is 0.463. The molecule has 0 aromatic heterocycles. The molecule has 0 spiro atoms. The van der Waals surface area contributed by atoms with Gasteiger partial charge in [-0.25, -0.2) is 8.42 Å². The number of ether oxygens (including phenoxy) is 2. The normalized spacial score (nSPS) is 24.7. The van der Waals surface area contributed by atoms with Crippen LogP contribution in [0.5, 0.6) is 0 Å². The molecule has 2 N–H and O–H groups in total. The molecule has 158 valence electrons. The third-order valence-corrected chi connectivity index (χ3v) is 7.08. The zero-order chi connectivity index (χ0) is 22.0. The summed E-state index contributed by atoms with van der Waals surface area (Å²) in [7, 11) is -3.54. The maximum atomic E-state index is 13.3. The highest BCUT2D eigenvalue weighted by Crippen LogP contribution is 2.46. The first kappa shape index (κ1) is 22.6. The van der Waals surface area contributed by atoms with E-state index in [0.29, 0.717) is 6.07 Å². The predicted octanol–water partition coefficient (Wildman–Crippen LogP) is 1.19. The fourth-order valence-electron chi connectivity index (χ4n) is 3.48. The van der Waals surface area contributed by atoms with Crippen LogP contribution < -0.4 is 5.73 Å². The van der Waals surface area contributed by atoms with Crippen molar-refractivity contribution in [2.75, 3.05) is 13.7 Å². The van der Waals surface area contributed by atoms with Gasteiger partial charge in [0, 0.05) is 7.11 Å². The zero-order valence-electron chi connectivity index (χ0n) is 15.1. The van der Waals surface area contributed by atoms with Crippen LogP contribution in [0.1, 0.15) is 18.4 Å². The Hall–Kier alpha value is -2.65. The lowest BCUT2D eigenvalue weighted by atomic mass is 9.83. The molecule has 1 fully saturated rings. The summed E-state index contributed by atoms with van der Waals surface area (Å²) in [5.41, 5.74) is 1.72.